The summed E-state index contributed by atoms with van der Waals surface area (Å²) in [6.07, 6.45) is 1.23. The highest BCUT2D eigenvalue weighted by molar-refractivity contribution is 5.40. The number of aryl methyl sites for hydroxylation is 1. The van der Waals surface area contributed by atoms with Crippen molar-refractivity contribution >= 4 is 0 Å². The lowest BCUT2D eigenvalue weighted by Gasteiger charge is -2.29. The number of rotatable bonds is 2. The van der Waals surface area contributed by atoms with E-state index in [1.807, 2.05) is 0 Å². The molecule has 0 amide bonds. The van der Waals surface area contributed by atoms with Crippen LogP contribution in [0, 0.1) is 6.92 Å². The molecule has 0 fully saturated rings. The molecule has 88 valence electrons. The minimum absolute atomic E-state index is 0.648. The first-order valence-corrected chi connectivity index (χ1v) is 6.46. The fraction of sp³-hybridized carbons (Fsp3) is 0.600. The Bertz CT molecular complexity index is 379. The maximum atomic E-state index is 2.52. The molecule has 0 N–H and O–H groups in total. The first-order chi connectivity index (χ1) is 7.61. The zero-order valence-electron chi connectivity index (χ0n) is 11.0. The Morgan fingerprint density at radius 3 is 2.62 bits per heavy atom. The number of fused-ring (bicyclic) bond motifs is 1. The number of hydrogen-bond acceptors (Lipinski definition) is 1. The van der Waals surface area contributed by atoms with Gasteiger partial charge < -0.3 is 0 Å². The van der Waals surface area contributed by atoms with Gasteiger partial charge in [-0.15, -0.1) is 0 Å². The summed E-state index contributed by atoms with van der Waals surface area (Å²) in [6, 6.07) is 4.86. The van der Waals surface area contributed by atoms with Crippen molar-refractivity contribution in [3.63, 3.8) is 0 Å². The standard InChI is InChI=1S/C15H23N/c1-5-16-7-6-13-9-15(11(2)3)12(4)8-14(13)10-16/h8-9,11H,5-7,10H2,1-4H3. The minimum atomic E-state index is 0.648. The Hall–Kier alpha value is -0.820. The SMILES string of the molecule is CCN1CCc2cc(C(C)C)c(C)cc2C1. The average molecular weight is 217 g/mol. The van der Waals surface area contributed by atoms with Crippen LogP contribution in [0.25, 0.3) is 0 Å². The molecule has 0 saturated heterocycles. The third-order valence-electron chi connectivity index (χ3n) is 3.75. The molecule has 1 nitrogen and oxygen atoms in total. The number of nitrogens with zero attached hydrogens (tertiary/aromatic N) is 1. The molecule has 1 heterocycles. The molecule has 0 atom stereocenters. The Kier molecular flexibility index (Phi) is 3.34. The Labute approximate surface area is 99.5 Å². The van der Waals surface area contributed by atoms with Gasteiger partial charge in [0.2, 0.25) is 0 Å². The van der Waals surface area contributed by atoms with E-state index in [1.165, 1.54) is 30.6 Å². The molecule has 0 radical (unpaired) electrons. The molecule has 1 aliphatic rings. The van der Waals surface area contributed by atoms with Crippen LogP contribution in [0.1, 0.15) is 48.9 Å². The van der Waals surface area contributed by atoms with Gasteiger partial charge in [0.05, 0.1) is 0 Å². The monoisotopic (exact) mass is 217 g/mol. The van der Waals surface area contributed by atoms with Crippen LogP contribution in [-0.2, 0) is 13.0 Å². The second kappa shape index (κ2) is 4.58. The van der Waals surface area contributed by atoms with Crippen molar-refractivity contribution in [3.8, 4) is 0 Å². The van der Waals surface area contributed by atoms with Crippen LogP contribution in [0.2, 0.25) is 0 Å². The van der Waals surface area contributed by atoms with E-state index in [1.54, 1.807) is 11.1 Å². The molecule has 1 aliphatic heterocycles. The molecule has 16 heavy (non-hydrogen) atoms. The number of hydrogen-bond donors (Lipinski definition) is 0. The van der Waals surface area contributed by atoms with Gasteiger partial charge in [-0.1, -0.05) is 32.9 Å². The van der Waals surface area contributed by atoms with E-state index in [0.717, 1.165) is 6.54 Å². The van der Waals surface area contributed by atoms with Crippen molar-refractivity contribution in [2.45, 2.75) is 46.6 Å². The second-order valence-corrected chi connectivity index (χ2v) is 5.25. The third-order valence-corrected chi connectivity index (χ3v) is 3.75. The minimum Gasteiger partial charge on any atom is -0.299 e. The zero-order chi connectivity index (χ0) is 11.7. The van der Waals surface area contributed by atoms with Crippen molar-refractivity contribution in [3.05, 3.63) is 34.4 Å². The smallest absolute Gasteiger partial charge is 0.0236 e. The molecule has 1 aromatic rings. The molecule has 1 aromatic carbocycles. The highest BCUT2D eigenvalue weighted by Crippen LogP contribution is 2.27. The largest absolute Gasteiger partial charge is 0.299 e. The van der Waals surface area contributed by atoms with E-state index in [4.69, 9.17) is 0 Å². The van der Waals surface area contributed by atoms with Gasteiger partial charge >= 0.3 is 0 Å². The van der Waals surface area contributed by atoms with Gasteiger partial charge in [0.15, 0.2) is 0 Å². The summed E-state index contributed by atoms with van der Waals surface area (Å²) in [5, 5.41) is 0. The summed E-state index contributed by atoms with van der Waals surface area (Å²) in [6.45, 7) is 12.6. The number of likely N-dealkylation sites (N-methyl/N-ethyl adjacent to an activating group) is 1. The molecule has 0 spiro atoms. The van der Waals surface area contributed by atoms with Crippen molar-refractivity contribution in [1.82, 2.24) is 4.90 Å². The van der Waals surface area contributed by atoms with E-state index in [-0.39, 0.29) is 0 Å². The van der Waals surface area contributed by atoms with Gasteiger partial charge in [-0.25, -0.2) is 0 Å². The second-order valence-electron chi connectivity index (χ2n) is 5.25. The van der Waals surface area contributed by atoms with Crippen molar-refractivity contribution in [1.29, 1.82) is 0 Å². The quantitative estimate of drug-likeness (QED) is 0.733. The molecule has 0 saturated carbocycles. The van der Waals surface area contributed by atoms with Crippen molar-refractivity contribution in [2.75, 3.05) is 13.1 Å². The van der Waals surface area contributed by atoms with Crippen molar-refractivity contribution in [2.24, 2.45) is 0 Å². The first kappa shape index (κ1) is 11.7. The average Bonchev–Trinajstić information content (AvgIpc) is 2.27. The van der Waals surface area contributed by atoms with Crippen LogP contribution in [0.3, 0.4) is 0 Å². The van der Waals surface area contributed by atoms with Gasteiger partial charge in [-0.3, -0.25) is 4.90 Å². The molecule has 1 heteroatoms. The van der Waals surface area contributed by atoms with E-state index in [9.17, 15) is 0 Å². The number of benzene rings is 1. The Morgan fingerprint density at radius 2 is 2.00 bits per heavy atom. The lowest BCUT2D eigenvalue weighted by molar-refractivity contribution is 0.268. The van der Waals surface area contributed by atoms with Gasteiger partial charge in [-0.05, 0) is 48.1 Å². The van der Waals surface area contributed by atoms with E-state index in [0.29, 0.717) is 5.92 Å². The predicted octanol–water partition coefficient (Wildman–Crippen LogP) is 3.50. The molecule has 0 unspecified atom stereocenters. The van der Waals surface area contributed by atoms with Crippen LogP contribution < -0.4 is 0 Å². The maximum absolute atomic E-state index is 2.52. The van der Waals surface area contributed by atoms with Gasteiger partial charge in [0.25, 0.3) is 0 Å². The highest BCUT2D eigenvalue weighted by atomic mass is 15.1. The summed E-state index contributed by atoms with van der Waals surface area (Å²) < 4.78 is 0. The van der Waals surface area contributed by atoms with Crippen LogP contribution in [0.15, 0.2) is 12.1 Å². The first-order valence-electron chi connectivity index (χ1n) is 6.46. The Balaban J connectivity index is 2.34. The predicted molar refractivity (Wildman–Crippen MR) is 69.9 cm³/mol. The maximum Gasteiger partial charge on any atom is 0.0236 e. The van der Waals surface area contributed by atoms with Crippen molar-refractivity contribution < 1.29 is 0 Å². The van der Waals surface area contributed by atoms with Gasteiger partial charge in [-0.2, -0.15) is 0 Å². The lowest BCUT2D eigenvalue weighted by Crippen LogP contribution is -2.30. The van der Waals surface area contributed by atoms with Crippen LogP contribution in [0.5, 0.6) is 0 Å². The topological polar surface area (TPSA) is 3.24 Å². The normalized spacial score (nSPS) is 16.6. The van der Waals surface area contributed by atoms with Crippen LogP contribution >= 0.6 is 0 Å². The molecule has 0 bridgehead atoms. The molecular formula is C15H23N. The fourth-order valence-electron chi connectivity index (χ4n) is 2.70. The van der Waals surface area contributed by atoms with E-state index < -0.39 is 0 Å². The summed E-state index contributed by atoms with van der Waals surface area (Å²) in [7, 11) is 0. The zero-order valence-corrected chi connectivity index (χ0v) is 11.0. The summed E-state index contributed by atoms with van der Waals surface area (Å²) in [5.74, 6) is 0.648. The molecule has 0 aliphatic carbocycles. The highest BCUT2D eigenvalue weighted by Gasteiger charge is 2.17. The van der Waals surface area contributed by atoms with Gasteiger partial charge in [0, 0.05) is 13.1 Å². The molecule has 0 aromatic heterocycles. The lowest BCUT2D eigenvalue weighted by atomic mass is 9.89. The van der Waals surface area contributed by atoms with Crippen LogP contribution in [0.4, 0.5) is 0 Å². The summed E-state index contributed by atoms with van der Waals surface area (Å²) >= 11 is 0. The summed E-state index contributed by atoms with van der Waals surface area (Å²) in [5.41, 5.74) is 6.13. The fourth-order valence-corrected chi connectivity index (χ4v) is 2.70. The van der Waals surface area contributed by atoms with Gasteiger partial charge in [0.1, 0.15) is 0 Å². The summed E-state index contributed by atoms with van der Waals surface area (Å²) in [4.78, 5) is 2.52. The molecular weight excluding hydrogens is 194 g/mol. The molecule has 2 rings (SSSR count). The van der Waals surface area contributed by atoms with E-state index in [2.05, 4.69) is 44.7 Å². The van der Waals surface area contributed by atoms with Crippen LogP contribution in [-0.4, -0.2) is 18.0 Å². The van der Waals surface area contributed by atoms with E-state index >= 15 is 0 Å². The Morgan fingerprint density at radius 1 is 1.25 bits per heavy atom. The third kappa shape index (κ3) is 2.15.